The molecule has 1 unspecified atom stereocenters. The van der Waals surface area contributed by atoms with Gasteiger partial charge in [0, 0.05) is 12.6 Å². The van der Waals surface area contributed by atoms with Gasteiger partial charge < -0.3 is 20.6 Å². The van der Waals surface area contributed by atoms with Gasteiger partial charge in [0.05, 0.1) is 5.60 Å². The maximum Gasteiger partial charge on any atom is 0.0741 e. The number of hydrogen-bond acceptors (Lipinski definition) is 4. The molecule has 4 heteroatoms. The van der Waals surface area contributed by atoms with Gasteiger partial charge in [0.1, 0.15) is 0 Å². The molecule has 0 saturated carbocycles. The minimum Gasteiger partial charge on any atom is -0.389 e. The van der Waals surface area contributed by atoms with E-state index in [0.717, 1.165) is 19.4 Å². The molecule has 1 fully saturated rings. The Hall–Kier alpha value is -0.160. The highest BCUT2D eigenvalue weighted by Gasteiger charge is 2.22. The molecule has 0 aromatic heterocycles. The summed E-state index contributed by atoms with van der Waals surface area (Å²) in [7, 11) is 4.39. The Morgan fingerprint density at radius 1 is 1.41 bits per heavy atom. The van der Waals surface area contributed by atoms with Crippen LogP contribution in [0.25, 0.3) is 0 Å². The first-order chi connectivity index (χ1) is 7.94. The van der Waals surface area contributed by atoms with E-state index in [1.54, 1.807) is 0 Å². The Kier molecular flexibility index (Phi) is 5.86. The molecule has 0 bridgehead atoms. The van der Waals surface area contributed by atoms with Crippen LogP contribution < -0.4 is 5.73 Å². The lowest BCUT2D eigenvalue weighted by atomic mass is 9.99. The third-order valence-corrected chi connectivity index (χ3v) is 3.98. The fourth-order valence-electron chi connectivity index (χ4n) is 2.43. The third kappa shape index (κ3) is 5.34. The van der Waals surface area contributed by atoms with E-state index in [-0.39, 0.29) is 0 Å². The topological polar surface area (TPSA) is 52.7 Å². The molecule has 0 radical (unpaired) electrons. The summed E-state index contributed by atoms with van der Waals surface area (Å²) < 4.78 is 0. The molecular formula is C13H29N3O. The highest BCUT2D eigenvalue weighted by Crippen LogP contribution is 2.16. The molecule has 0 aromatic carbocycles. The minimum atomic E-state index is -0.687. The summed E-state index contributed by atoms with van der Waals surface area (Å²) in [4.78, 5) is 4.84. The average Bonchev–Trinajstić information content (AvgIpc) is 2.29. The summed E-state index contributed by atoms with van der Waals surface area (Å²) in [5.41, 5.74) is 4.83. The van der Waals surface area contributed by atoms with Gasteiger partial charge in [-0.15, -0.1) is 0 Å². The number of nitrogens with zero attached hydrogens (tertiary/aromatic N) is 2. The van der Waals surface area contributed by atoms with Crippen molar-refractivity contribution in [2.75, 3.05) is 40.3 Å². The summed E-state index contributed by atoms with van der Waals surface area (Å²) in [5, 5.41) is 9.83. The third-order valence-electron chi connectivity index (χ3n) is 3.98. The summed E-state index contributed by atoms with van der Waals surface area (Å²) in [5.74, 6) is 0. The van der Waals surface area contributed by atoms with Crippen LogP contribution in [-0.4, -0.2) is 66.8 Å². The first-order valence-electron chi connectivity index (χ1n) is 6.76. The number of likely N-dealkylation sites (tertiary alicyclic amines) is 1. The Balaban J connectivity index is 2.19. The predicted octanol–water partition coefficient (Wildman–Crippen LogP) is 0.502. The summed E-state index contributed by atoms with van der Waals surface area (Å²) in [6.45, 7) is 5.64. The van der Waals surface area contributed by atoms with E-state index in [0.29, 0.717) is 12.6 Å². The second-order valence-electron chi connectivity index (χ2n) is 5.82. The van der Waals surface area contributed by atoms with Crippen molar-refractivity contribution < 1.29 is 5.11 Å². The molecule has 102 valence electrons. The molecule has 3 N–H and O–H groups in total. The molecule has 4 nitrogen and oxygen atoms in total. The molecule has 0 amide bonds. The van der Waals surface area contributed by atoms with Crippen LogP contribution in [-0.2, 0) is 0 Å². The maximum absolute atomic E-state index is 9.83. The highest BCUT2D eigenvalue weighted by molar-refractivity contribution is 4.78. The predicted molar refractivity (Wildman–Crippen MR) is 72.1 cm³/mol. The Labute approximate surface area is 106 Å². The molecule has 1 saturated heterocycles. The van der Waals surface area contributed by atoms with E-state index in [2.05, 4.69) is 23.9 Å². The van der Waals surface area contributed by atoms with Crippen molar-refractivity contribution in [2.45, 2.75) is 44.2 Å². The van der Waals surface area contributed by atoms with Crippen LogP contribution in [0.1, 0.15) is 32.6 Å². The zero-order chi connectivity index (χ0) is 12.9. The minimum absolute atomic E-state index is 0.352. The molecule has 0 aliphatic carbocycles. The summed E-state index contributed by atoms with van der Waals surface area (Å²) in [6.07, 6.45) is 4.34. The number of nitrogens with two attached hydrogens (primary N) is 1. The van der Waals surface area contributed by atoms with Crippen molar-refractivity contribution in [3.05, 3.63) is 0 Å². The van der Waals surface area contributed by atoms with Crippen LogP contribution in [0.4, 0.5) is 0 Å². The molecule has 1 heterocycles. The maximum atomic E-state index is 9.83. The van der Waals surface area contributed by atoms with Crippen molar-refractivity contribution in [1.82, 2.24) is 9.80 Å². The fourth-order valence-corrected chi connectivity index (χ4v) is 2.43. The second-order valence-corrected chi connectivity index (χ2v) is 5.82. The first kappa shape index (κ1) is 14.9. The molecule has 1 aliphatic heterocycles. The quantitative estimate of drug-likeness (QED) is 0.713. The SMILES string of the molecule is CN1CCC(N(C)CCCC(C)(O)CN)CC1. The van der Waals surface area contributed by atoms with Crippen molar-refractivity contribution in [1.29, 1.82) is 0 Å². The van der Waals surface area contributed by atoms with E-state index in [1.807, 2.05) is 6.92 Å². The van der Waals surface area contributed by atoms with E-state index in [1.165, 1.54) is 25.9 Å². The van der Waals surface area contributed by atoms with Crippen LogP contribution in [0.2, 0.25) is 0 Å². The van der Waals surface area contributed by atoms with Crippen LogP contribution in [0.5, 0.6) is 0 Å². The van der Waals surface area contributed by atoms with Gasteiger partial charge in [-0.2, -0.15) is 0 Å². The second kappa shape index (κ2) is 6.69. The lowest BCUT2D eigenvalue weighted by molar-refractivity contribution is 0.0519. The lowest BCUT2D eigenvalue weighted by Crippen LogP contribution is -2.42. The average molecular weight is 243 g/mol. The standard InChI is InChI=1S/C13H29N3O/c1-13(17,11-14)7-4-8-16(3)12-5-9-15(2)10-6-12/h12,17H,4-11,14H2,1-3H3. The lowest BCUT2D eigenvalue weighted by Gasteiger charge is -2.35. The largest absolute Gasteiger partial charge is 0.389 e. The van der Waals surface area contributed by atoms with E-state index >= 15 is 0 Å². The number of aliphatic hydroxyl groups is 1. The molecule has 1 rings (SSSR count). The van der Waals surface area contributed by atoms with Crippen LogP contribution in [0.15, 0.2) is 0 Å². The van der Waals surface area contributed by atoms with Gasteiger partial charge in [0.2, 0.25) is 0 Å². The fraction of sp³-hybridized carbons (Fsp3) is 1.00. The molecule has 1 atom stereocenters. The van der Waals surface area contributed by atoms with E-state index in [4.69, 9.17) is 5.73 Å². The van der Waals surface area contributed by atoms with Gasteiger partial charge in [-0.3, -0.25) is 0 Å². The molecular weight excluding hydrogens is 214 g/mol. The zero-order valence-corrected chi connectivity index (χ0v) is 11.7. The number of hydrogen-bond donors (Lipinski definition) is 2. The van der Waals surface area contributed by atoms with Crippen molar-refractivity contribution >= 4 is 0 Å². The van der Waals surface area contributed by atoms with Crippen LogP contribution >= 0.6 is 0 Å². The molecule has 0 spiro atoms. The van der Waals surface area contributed by atoms with E-state index in [9.17, 15) is 5.11 Å². The monoisotopic (exact) mass is 243 g/mol. The van der Waals surface area contributed by atoms with Crippen LogP contribution in [0, 0.1) is 0 Å². The summed E-state index contributed by atoms with van der Waals surface area (Å²) in [6, 6.07) is 0.717. The number of piperidine rings is 1. The summed E-state index contributed by atoms with van der Waals surface area (Å²) >= 11 is 0. The van der Waals surface area contributed by atoms with Crippen molar-refractivity contribution in [2.24, 2.45) is 5.73 Å². The highest BCUT2D eigenvalue weighted by atomic mass is 16.3. The van der Waals surface area contributed by atoms with Gasteiger partial charge in [0.25, 0.3) is 0 Å². The first-order valence-corrected chi connectivity index (χ1v) is 6.76. The Morgan fingerprint density at radius 2 is 2.00 bits per heavy atom. The van der Waals surface area contributed by atoms with Gasteiger partial charge in [-0.25, -0.2) is 0 Å². The smallest absolute Gasteiger partial charge is 0.0741 e. The Morgan fingerprint density at radius 3 is 2.53 bits per heavy atom. The normalized spacial score (nSPS) is 22.9. The van der Waals surface area contributed by atoms with Crippen molar-refractivity contribution in [3.8, 4) is 0 Å². The van der Waals surface area contributed by atoms with Gasteiger partial charge in [0.15, 0.2) is 0 Å². The van der Waals surface area contributed by atoms with Gasteiger partial charge in [-0.05, 0) is 66.3 Å². The van der Waals surface area contributed by atoms with Gasteiger partial charge in [-0.1, -0.05) is 0 Å². The molecule has 0 aromatic rings. The van der Waals surface area contributed by atoms with Crippen molar-refractivity contribution in [3.63, 3.8) is 0 Å². The zero-order valence-electron chi connectivity index (χ0n) is 11.7. The number of rotatable bonds is 6. The van der Waals surface area contributed by atoms with E-state index < -0.39 is 5.60 Å². The molecule has 17 heavy (non-hydrogen) atoms. The molecule has 1 aliphatic rings. The van der Waals surface area contributed by atoms with Gasteiger partial charge >= 0.3 is 0 Å². The Bertz CT molecular complexity index is 213. The van der Waals surface area contributed by atoms with Crippen LogP contribution in [0.3, 0.4) is 0 Å².